The minimum Gasteiger partial charge on any atom is -0.330 e. The van der Waals surface area contributed by atoms with E-state index in [1.807, 2.05) is 19.1 Å². The van der Waals surface area contributed by atoms with Crippen LogP contribution in [0.2, 0.25) is 0 Å². The number of H-pyrrole nitrogens is 1. The Morgan fingerprint density at radius 1 is 1.41 bits per heavy atom. The summed E-state index contributed by atoms with van der Waals surface area (Å²) in [6, 6.07) is 3.78. The Morgan fingerprint density at radius 3 is 2.91 bits per heavy atom. The van der Waals surface area contributed by atoms with Gasteiger partial charge in [-0.1, -0.05) is 6.92 Å². The van der Waals surface area contributed by atoms with E-state index in [9.17, 15) is 4.79 Å². The zero-order valence-electron chi connectivity index (χ0n) is 11.9. The van der Waals surface area contributed by atoms with Crippen LogP contribution in [-0.2, 0) is 6.42 Å². The number of rotatable bonds is 4. The summed E-state index contributed by atoms with van der Waals surface area (Å²) in [4.78, 5) is 20.5. The highest BCUT2D eigenvalue weighted by atomic mass is 35.5. The fraction of sp³-hybridized carbons (Fsp3) is 0.286. The fourth-order valence-electron chi connectivity index (χ4n) is 2.08. The van der Waals surface area contributed by atoms with Gasteiger partial charge in [0.2, 0.25) is 0 Å². The maximum absolute atomic E-state index is 12.2. The second-order valence-electron chi connectivity index (χ2n) is 5.01. The Balaban J connectivity index is 0.00000176. The average molecular weight is 338 g/mol. The van der Waals surface area contributed by atoms with E-state index in [2.05, 4.69) is 20.2 Å². The Bertz CT molecular complexity index is 817. The molecule has 0 bridgehead atoms. The molecule has 6 nitrogen and oxygen atoms in total. The molecule has 116 valence electrons. The maximum atomic E-state index is 12.2. The van der Waals surface area contributed by atoms with Crippen LogP contribution in [0.3, 0.4) is 0 Å². The SMILES string of the molecule is C[C@@H](CN)Cc1nc2cc(-c3ccnnc3)sc2c(=O)[nH]1.Cl. The van der Waals surface area contributed by atoms with Crippen molar-refractivity contribution in [3.8, 4) is 10.4 Å². The minimum atomic E-state index is -0.0995. The van der Waals surface area contributed by atoms with E-state index in [4.69, 9.17) is 5.73 Å². The summed E-state index contributed by atoms with van der Waals surface area (Å²) in [7, 11) is 0. The lowest BCUT2D eigenvalue weighted by atomic mass is 10.1. The zero-order valence-corrected chi connectivity index (χ0v) is 13.6. The number of thiophene rings is 1. The van der Waals surface area contributed by atoms with Gasteiger partial charge in [0.25, 0.3) is 5.56 Å². The van der Waals surface area contributed by atoms with Crippen LogP contribution in [0.1, 0.15) is 12.7 Å². The van der Waals surface area contributed by atoms with Crippen molar-refractivity contribution < 1.29 is 0 Å². The second-order valence-corrected chi connectivity index (χ2v) is 6.07. The number of aromatic amines is 1. The van der Waals surface area contributed by atoms with Crippen molar-refractivity contribution >= 4 is 34.0 Å². The molecule has 3 rings (SSSR count). The molecule has 22 heavy (non-hydrogen) atoms. The number of halogens is 1. The molecule has 0 unspecified atom stereocenters. The van der Waals surface area contributed by atoms with Crippen LogP contribution in [-0.4, -0.2) is 26.7 Å². The first kappa shape index (κ1) is 16.5. The van der Waals surface area contributed by atoms with Crippen LogP contribution in [0.4, 0.5) is 0 Å². The smallest absolute Gasteiger partial charge is 0.268 e. The van der Waals surface area contributed by atoms with Gasteiger partial charge in [0, 0.05) is 16.9 Å². The number of nitrogens with zero attached hydrogens (tertiary/aromatic N) is 3. The molecule has 0 aliphatic carbocycles. The molecule has 3 heterocycles. The Morgan fingerprint density at radius 2 is 2.23 bits per heavy atom. The van der Waals surface area contributed by atoms with Crippen molar-refractivity contribution in [3.05, 3.63) is 40.7 Å². The van der Waals surface area contributed by atoms with Crippen molar-refractivity contribution in [1.29, 1.82) is 0 Å². The van der Waals surface area contributed by atoms with Gasteiger partial charge in [0.05, 0.1) is 17.9 Å². The molecular weight excluding hydrogens is 322 g/mol. The van der Waals surface area contributed by atoms with Gasteiger partial charge in [-0.25, -0.2) is 4.98 Å². The molecule has 0 radical (unpaired) electrons. The molecule has 0 saturated heterocycles. The molecule has 0 aromatic carbocycles. The van der Waals surface area contributed by atoms with E-state index in [0.717, 1.165) is 16.0 Å². The summed E-state index contributed by atoms with van der Waals surface area (Å²) in [6.45, 7) is 2.60. The van der Waals surface area contributed by atoms with Crippen molar-refractivity contribution in [3.63, 3.8) is 0 Å². The van der Waals surface area contributed by atoms with Crippen LogP contribution in [0.25, 0.3) is 20.7 Å². The van der Waals surface area contributed by atoms with Gasteiger partial charge >= 0.3 is 0 Å². The van der Waals surface area contributed by atoms with Gasteiger partial charge < -0.3 is 10.7 Å². The Labute approximate surface area is 137 Å². The molecule has 8 heteroatoms. The van der Waals surface area contributed by atoms with Crippen LogP contribution >= 0.6 is 23.7 Å². The lowest BCUT2D eigenvalue weighted by molar-refractivity contribution is 0.574. The van der Waals surface area contributed by atoms with Crippen molar-refractivity contribution in [1.82, 2.24) is 20.2 Å². The summed E-state index contributed by atoms with van der Waals surface area (Å²) in [5, 5.41) is 7.62. The third kappa shape index (κ3) is 3.32. The van der Waals surface area contributed by atoms with Crippen LogP contribution in [0.15, 0.2) is 29.3 Å². The van der Waals surface area contributed by atoms with Gasteiger partial charge in [-0.15, -0.1) is 23.7 Å². The van der Waals surface area contributed by atoms with E-state index >= 15 is 0 Å². The monoisotopic (exact) mass is 337 g/mol. The molecule has 3 N–H and O–H groups in total. The normalized spacial score (nSPS) is 12.1. The van der Waals surface area contributed by atoms with Gasteiger partial charge in [0.1, 0.15) is 10.5 Å². The molecule has 0 aliphatic heterocycles. The van der Waals surface area contributed by atoms with E-state index in [1.165, 1.54) is 11.3 Å². The fourth-order valence-corrected chi connectivity index (χ4v) is 3.06. The summed E-state index contributed by atoms with van der Waals surface area (Å²) in [6.07, 6.45) is 3.98. The van der Waals surface area contributed by atoms with Crippen molar-refractivity contribution in [2.24, 2.45) is 11.7 Å². The van der Waals surface area contributed by atoms with Gasteiger partial charge in [-0.05, 0) is 24.6 Å². The highest BCUT2D eigenvalue weighted by Gasteiger charge is 2.11. The van der Waals surface area contributed by atoms with Gasteiger partial charge in [-0.2, -0.15) is 10.2 Å². The molecule has 0 amide bonds. The number of fused-ring (bicyclic) bond motifs is 1. The quantitative estimate of drug-likeness (QED) is 0.758. The first-order chi connectivity index (χ1) is 10.2. The number of nitrogens with two attached hydrogens (primary N) is 1. The first-order valence-electron chi connectivity index (χ1n) is 6.67. The number of hydrogen-bond donors (Lipinski definition) is 2. The van der Waals surface area contributed by atoms with Gasteiger partial charge in [-0.3, -0.25) is 4.79 Å². The minimum absolute atomic E-state index is 0. The first-order valence-corrected chi connectivity index (χ1v) is 7.49. The van der Waals surface area contributed by atoms with Crippen LogP contribution < -0.4 is 11.3 Å². The van der Waals surface area contributed by atoms with Gasteiger partial charge in [0.15, 0.2) is 0 Å². The number of hydrogen-bond acceptors (Lipinski definition) is 6. The summed E-state index contributed by atoms with van der Waals surface area (Å²) < 4.78 is 0.631. The zero-order chi connectivity index (χ0) is 14.8. The molecular formula is C14H16ClN5OS. The lowest BCUT2D eigenvalue weighted by Crippen LogP contribution is -2.17. The number of aromatic nitrogens is 4. The Kier molecular flexibility index (Phi) is 5.23. The molecule has 0 aliphatic rings. The predicted molar refractivity (Wildman–Crippen MR) is 90.4 cm³/mol. The molecule has 0 saturated carbocycles. The number of nitrogens with one attached hydrogen (secondary N) is 1. The lowest BCUT2D eigenvalue weighted by Gasteiger charge is -2.06. The van der Waals surface area contributed by atoms with Crippen molar-refractivity contribution in [2.45, 2.75) is 13.3 Å². The third-order valence-electron chi connectivity index (χ3n) is 3.24. The second kappa shape index (κ2) is 6.95. The van der Waals surface area contributed by atoms with E-state index in [1.54, 1.807) is 12.4 Å². The third-order valence-corrected chi connectivity index (χ3v) is 4.42. The van der Waals surface area contributed by atoms with Crippen LogP contribution in [0.5, 0.6) is 0 Å². The van der Waals surface area contributed by atoms with Crippen molar-refractivity contribution in [2.75, 3.05) is 6.54 Å². The van der Waals surface area contributed by atoms with Crippen LogP contribution in [0, 0.1) is 5.92 Å². The van der Waals surface area contributed by atoms with E-state index in [0.29, 0.717) is 23.5 Å². The molecule has 0 spiro atoms. The summed E-state index contributed by atoms with van der Waals surface area (Å²) >= 11 is 1.41. The topological polar surface area (TPSA) is 97.5 Å². The highest BCUT2D eigenvalue weighted by Crippen LogP contribution is 2.30. The van der Waals surface area contributed by atoms with E-state index < -0.39 is 0 Å². The van der Waals surface area contributed by atoms with E-state index in [-0.39, 0.29) is 23.9 Å². The molecule has 3 aromatic rings. The molecule has 3 aromatic heterocycles. The largest absolute Gasteiger partial charge is 0.330 e. The molecule has 1 atom stereocenters. The summed E-state index contributed by atoms with van der Waals surface area (Å²) in [5.74, 6) is 0.968. The standard InChI is InChI=1S/C14H15N5OS.ClH/c1-8(6-15)4-12-18-10-5-11(9-2-3-16-17-7-9)21-13(10)14(20)19-12;/h2-3,5,7-8H,4,6,15H2,1H3,(H,18,19,20);1H/t8-;/m1./s1. The average Bonchev–Trinajstić information content (AvgIpc) is 2.92. The highest BCUT2D eigenvalue weighted by molar-refractivity contribution is 7.22. The Hall–Kier alpha value is -1.83. The summed E-state index contributed by atoms with van der Waals surface area (Å²) in [5.41, 5.74) is 7.17. The molecule has 0 fully saturated rings. The predicted octanol–water partition coefficient (Wildman–Crippen LogP) is 2.00. The maximum Gasteiger partial charge on any atom is 0.268 e.